The van der Waals surface area contributed by atoms with Crippen LogP contribution in [0.1, 0.15) is 18.4 Å². The second kappa shape index (κ2) is 5.42. The molecule has 2 rings (SSSR count). The summed E-state index contributed by atoms with van der Waals surface area (Å²) in [5.74, 6) is 1.20. The van der Waals surface area contributed by atoms with E-state index < -0.39 is 12.2 Å². The zero-order valence-electron chi connectivity index (χ0n) is 10.6. The van der Waals surface area contributed by atoms with Crippen LogP contribution in [-0.4, -0.2) is 36.6 Å². The lowest BCUT2D eigenvalue weighted by atomic mass is 9.88. The van der Waals surface area contributed by atoms with Crippen molar-refractivity contribution in [1.82, 2.24) is 0 Å². The number of para-hydroxylation sites is 1. The smallest absolute Gasteiger partial charge is 0.168 e. The molecule has 0 aliphatic heterocycles. The van der Waals surface area contributed by atoms with Gasteiger partial charge in [0, 0.05) is 5.56 Å². The predicted molar refractivity (Wildman–Crippen MR) is 68.8 cm³/mol. The number of methoxy groups -OCH3 is 2. The molecule has 4 nitrogen and oxygen atoms in total. The van der Waals surface area contributed by atoms with Crippen molar-refractivity contribution in [2.75, 3.05) is 14.2 Å². The summed E-state index contributed by atoms with van der Waals surface area (Å²) in [6.45, 7) is 0. The summed E-state index contributed by atoms with van der Waals surface area (Å²) >= 11 is 0. The van der Waals surface area contributed by atoms with Crippen LogP contribution in [0.4, 0.5) is 0 Å². The Bertz CT molecular complexity index is 453. The molecule has 4 heteroatoms. The lowest BCUT2D eigenvalue weighted by Crippen LogP contribution is -2.29. The van der Waals surface area contributed by atoms with E-state index in [1.165, 1.54) is 0 Å². The van der Waals surface area contributed by atoms with Crippen LogP contribution in [0, 0.1) is 0 Å². The van der Waals surface area contributed by atoms with Gasteiger partial charge >= 0.3 is 0 Å². The second-order valence-electron chi connectivity index (χ2n) is 4.29. The van der Waals surface area contributed by atoms with E-state index in [9.17, 15) is 10.2 Å². The molecule has 1 aliphatic rings. The molecule has 98 valence electrons. The molecule has 18 heavy (non-hydrogen) atoms. The van der Waals surface area contributed by atoms with Crippen molar-refractivity contribution >= 4 is 5.57 Å². The third kappa shape index (κ3) is 2.21. The number of ether oxygens (including phenoxy) is 2. The Morgan fingerprint density at radius 3 is 2.61 bits per heavy atom. The van der Waals surface area contributed by atoms with Gasteiger partial charge in [-0.1, -0.05) is 18.2 Å². The average Bonchev–Trinajstić information content (AvgIpc) is 2.41. The van der Waals surface area contributed by atoms with Gasteiger partial charge in [-0.15, -0.1) is 0 Å². The Balaban J connectivity index is 2.47. The molecule has 0 spiro atoms. The molecule has 0 fully saturated rings. The topological polar surface area (TPSA) is 58.9 Å². The van der Waals surface area contributed by atoms with Gasteiger partial charge in [0.25, 0.3) is 0 Å². The van der Waals surface area contributed by atoms with Crippen molar-refractivity contribution in [2.45, 2.75) is 25.0 Å². The van der Waals surface area contributed by atoms with Crippen LogP contribution >= 0.6 is 0 Å². The first kappa shape index (κ1) is 12.9. The van der Waals surface area contributed by atoms with Gasteiger partial charge in [0.2, 0.25) is 0 Å². The van der Waals surface area contributed by atoms with Gasteiger partial charge in [0.1, 0.15) is 6.10 Å². The standard InChI is InChI=1S/C14H18O4/c1-17-12-8-4-6-10(14(12)18-2)9-5-3-7-11(15)13(9)16/h4-6,8,11,13,15-16H,3,7H2,1-2H3/t11-,13-/m1/s1. The van der Waals surface area contributed by atoms with E-state index in [0.29, 0.717) is 23.5 Å². The van der Waals surface area contributed by atoms with E-state index in [1.807, 2.05) is 18.2 Å². The maximum absolute atomic E-state index is 10.1. The molecule has 1 aliphatic carbocycles. The summed E-state index contributed by atoms with van der Waals surface area (Å²) in [6.07, 6.45) is 1.67. The number of benzene rings is 1. The first-order valence-corrected chi connectivity index (χ1v) is 5.96. The van der Waals surface area contributed by atoms with Crippen molar-refractivity contribution in [3.05, 3.63) is 29.8 Å². The Morgan fingerprint density at radius 1 is 1.17 bits per heavy atom. The SMILES string of the molecule is COc1cccc(C2=CCC[C@@H](O)[C@@H]2O)c1OC. The fraction of sp³-hybridized carbons (Fsp3) is 0.429. The zero-order valence-corrected chi connectivity index (χ0v) is 10.6. The Hall–Kier alpha value is -1.52. The number of aliphatic hydroxyl groups is 2. The van der Waals surface area contributed by atoms with E-state index in [-0.39, 0.29) is 0 Å². The van der Waals surface area contributed by atoms with Crippen LogP contribution in [0.5, 0.6) is 11.5 Å². The van der Waals surface area contributed by atoms with Crippen molar-refractivity contribution in [3.63, 3.8) is 0 Å². The van der Waals surface area contributed by atoms with Crippen molar-refractivity contribution < 1.29 is 19.7 Å². The molecule has 0 aromatic heterocycles. The minimum atomic E-state index is -0.875. The molecule has 0 unspecified atom stereocenters. The summed E-state index contributed by atoms with van der Waals surface area (Å²) in [7, 11) is 3.13. The second-order valence-corrected chi connectivity index (χ2v) is 4.29. The number of aliphatic hydroxyl groups excluding tert-OH is 2. The fourth-order valence-corrected chi connectivity index (χ4v) is 2.28. The van der Waals surface area contributed by atoms with Crippen LogP contribution in [0.3, 0.4) is 0 Å². The summed E-state index contributed by atoms with van der Waals surface area (Å²) < 4.78 is 10.6. The number of hydrogen-bond donors (Lipinski definition) is 2. The average molecular weight is 250 g/mol. The van der Waals surface area contributed by atoms with Crippen LogP contribution in [0.2, 0.25) is 0 Å². The third-order valence-corrected chi connectivity index (χ3v) is 3.22. The molecule has 0 saturated heterocycles. The van der Waals surface area contributed by atoms with Crippen LogP contribution in [0.25, 0.3) is 5.57 Å². The molecule has 1 aromatic carbocycles. The highest BCUT2D eigenvalue weighted by Gasteiger charge is 2.27. The normalized spacial score (nSPS) is 23.4. The summed E-state index contributed by atoms with van der Waals surface area (Å²) in [6, 6.07) is 5.49. The quantitative estimate of drug-likeness (QED) is 0.855. The van der Waals surface area contributed by atoms with Crippen molar-refractivity contribution in [2.24, 2.45) is 0 Å². The van der Waals surface area contributed by atoms with Crippen LogP contribution in [-0.2, 0) is 0 Å². The first-order valence-electron chi connectivity index (χ1n) is 5.96. The van der Waals surface area contributed by atoms with Gasteiger partial charge in [-0.3, -0.25) is 0 Å². The first-order chi connectivity index (χ1) is 8.69. The molecule has 0 radical (unpaired) electrons. The van der Waals surface area contributed by atoms with Gasteiger partial charge in [-0.25, -0.2) is 0 Å². The number of allylic oxidation sites excluding steroid dienone is 1. The Labute approximate surface area is 106 Å². The zero-order chi connectivity index (χ0) is 13.1. The Morgan fingerprint density at radius 2 is 1.94 bits per heavy atom. The fourth-order valence-electron chi connectivity index (χ4n) is 2.28. The van der Waals surface area contributed by atoms with E-state index in [0.717, 1.165) is 12.0 Å². The molecule has 2 atom stereocenters. The van der Waals surface area contributed by atoms with Crippen molar-refractivity contribution in [1.29, 1.82) is 0 Å². The van der Waals surface area contributed by atoms with Gasteiger partial charge in [0.05, 0.1) is 20.3 Å². The number of hydrogen-bond acceptors (Lipinski definition) is 4. The molecule has 0 heterocycles. The molecule has 0 amide bonds. The van der Waals surface area contributed by atoms with Gasteiger partial charge in [-0.05, 0) is 24.5 Å². The van der Waals surface area contributed by atoms with E-state index in [2.05, 4.69) is 0 Å². The summed E-state index contributed by atoms with van der Waals surface area (Å²) in [5, 5.41) is 19.8. The monoisotopic (exact) mass is 250 g/mol. The van der Waals surface area contributed by atoms with Crippen molar-refractivity contribution in [3.8, 4) is 11.5 Å². The van der Waals surface area contributed by atoms with Crippen LogP contribution in [0.15, 0.2) is 24.3 Å². The van der Waals surface area contributed by atoms with Gasteiger partial charge < -0.3 is 19.7 Å². The maximum Gasteiger partial charge on any atom is 0.168 e. The van der Waals surface area contributed by atoms with E-state index in [4.69, 9.17) is 9.47 Å². The van der Waals surface area contributed by atoms with Crippen LogP contribution < -0.4 is 9.47 Å². The van der Waals surface area contributed by atoms with E-state index in [1.54, 1.807) is 20.3 Å². The lowest BCUT2D eigenvalue weighted by molar-refractivity contribution is 0.0452. The summed E-state index contributed by atoms with van der Waals surface area (Å²) in [5.41, 5.74) is 1.47. The minimum absolute atomic E-state index is 0.580. The predicted octanol–water partition coefficient (Wildman–Crippen LogP) is 1.60. The molecular formula is C14H18O4. The van der Waals surface area contributed by atoms with E-state index >= 15 is 0 Å². The minimum Gasteiger partial charge on any atom is -0.493 e. The molecule has 1 aromatic rings. The molecule has 2 N–H and O–H groups in total. The highest BCUT2D eigenvalue weighted by atomic mass is 16.5. The Kier molecular flexibility index (Phi) is 3.89. The third-order valence-electron chi connectivity index (χ3n) is 3.22. The number of rotatable bonds is 3. The molecule has 0 saturated carbocycles. The highest BCUT2D eigenvalue weighted by Crippen LogP contribution is 2.38. The lowest BCUT2D eigenvalue weighted by Gasteiger charge is -2.26. The largest absolute Gasteiger partial charge is 0.493 e. The van der Waals surface area contributed by atoms with Gasteiger partial charge in [-0.2, -0.15) is 0 Å². The maximum atomic E-state index is 10.1. The summed E-state index contributed by atoms with van der Waals surface area (Å²) in [4.78, 5) is 0. The highest BCUT2D eigenvalue weighted by molar-refractivity contribution is 5.76. The molecule has 0 bridgehead atoms. The van der Waals surface area contributed by atoms with Gasteiger partial charge in [0.15, 0.2) is 11.5 Å². The molecular weight excluding hydrogens is 232 g/mol.